The summed E-state index contributed by atoms with van der Waals surface area (Å²) in [5, 5.41) is 3.53. The molecule has 166 valence electrons. The van der Waals surface area contributed by atoms with E-state index in [0.717, 1.165) is 24.8 Å². The van der Waals surface area contributed by atoms with Crippen LogP contribution in [0, 0.1) is 5.92 Å². The standard InChI is InChI=1S/C23H27ClN2O4S/c24-20-5-7-21(8-6-20)30-15-12-25-23(27)18-10-13-26(14-11-18)31(28,29)22-9-4-17-2-1-3-19(17)16-22/h4-9,16,18H,1-3,10-15H2,(H,25,27). The lowest BCUT2D eigenvalue weighted by atomic mass is 9.97. The molecule has 1 aliphatic heterocycles. The molecule has 1 N–H and O–H groups in total. The van der Waals surface area contributed by atoms with Gasteiger partial charge in [-0.15, -0.1) is 0 Å². The molecule has 1 heterocycles. The molecule has 0 unspecified atom stereocenters. The Balaban J connectivity index is 1.24. The number of rotatable bonds is 7. The maximum atomic E-state index is 13.0. The van der Waals surface area contributed by atoms with E-state index in [1.165, 1.54) is 9.87 Å². The monoisotopic (exact) mass is 462 g/mol. The highest BCUT2D eigenvalue weighted by atomic mass is 35.5. The number of sulfonamides is 1. The number of benzene rings is 2. The number of aryl methyl sites for hydroxylation is 2. The first-order chi connectivity index (χ1) is 14.9. The molecule has 1 amide bonds. The van der Waals surface area contributed by atoms with E-state index < -0.39 is 10.0 Å². The average molecular weight is 463 g/mol. The molecule has 1 fully saturated rings. The Bertz CT molecular complexity index is 1030. The van der Waals surface area contributed by atoms with Crippen LogP contribution in [0.1, 0.15) is 30.4 Å². The van der Waals surface area contributed by atoms with Gasteiger partial charge in [0.25, 0.3) is 0 Å². The van der Waals surface area contributed by atoms with Crippen LogP contribution in [0.5, 0.6) is 5.75 Å². The number of carbonyl (C=O) groups is 1. The third kappa shape index (κ3) is 5.22. The zero-order chi connectivity index (χ0) is 21.8. The lowest BCUT2D eigenvalue weighted by Gasteiger charge is -2.30. The quantitative estimate of drug-likeness (QED) is 0.639. The van der Waals surface area contributed by atoms with Crippen molar-refractivity contribution in [2.24, 2.45) is 5.92 Å². The van der Waals surface area contributed by atoms with Crippen molar-refractivity contribution in [2.75, 3.05) is 26.2 Å². The Kier molecular flexibility index (Phi) is 6.84. The van der Waals surface area contributed by atoms with Gasteiger partial charge in [-0.3, -0.25) is 4.79 Å². The van der Waals surface area contributed by atoms with Crippen LogP contribution in [0.4, 0.5) is 0 Å². The lowest BCUT2D eigenvalue weighted by Crippen LogP contribution is -2.43. The summed E-state index contributed by atoms with van der Waals surface area (Å²) in [5.41, 5.74) is 2.41. The molecule has 0 aromatic heterocycles. The summed E-state index contributed by atoms with van der Waals surface area (Å²) in [5.74, 6) is 0.472. The molecule has 0 bridgehead atoms. The fraction of sp³-hybridized carbons (Fsp3) is 0.435. The highest BCUT2D eigenvalue weighted by Crippen LogP contribution is 2.28. The number of halogens is 1. The summed E-state index contributed by atoms with van der Waals surface area (Å²) in [7, 11) is -3.52. The lowest BCUT2D eigenvalue weighted by molar-refractivity contribution is -0.126. The van der Waals surface area contributed by atoms with Crippen molar-refractivity contribution in [3.63, 3.8) is 0 Å². The first kappa shape index (κ1) is 22.1. The second kappa shape index (κ2) is 9.59. The molecule has 0 saturated carbocycles. The number of amides is 1. The van der Waals surface area contributed by atoms with E-state index in [2.05, 4.69) is 5.32 Å². The average Bonchev–Trinajstić information content (AvgIpc) is 3.26. The molecule has 2 aromatic rings. The highest BCUT2D eigenvalue weighted by Gasteiger charge is 2.32. The molecule has 6 nitrogen and oxygen atoms in total. The second-order valence-corrected chi connectivity index (χ2v) is 10.4. The third-order valence-electron chi connectivity index (χ3n) is 6.02. The topological polar surface area (TPSA) is 75.7 Å². The Hall–Kier alpha value is -2.09. The molecule has 2 aliphatic rings. The number of hydrogen-bond donors (Lipinski definition) is 1. The summed E-state index contributed by atoms with van der Waals surface area (Å²) in [6.45, 7) is 1.48. The van der Waals surface area contributed by atoms with Crippen molar-refractivity contribution in [1.82, 2.24) is 9.62 Å². The smallest absolute Gasteiger partial charge is 0.243 e. The van der Waals surface area contributed by atoms with Gasteiger partial charge >= 0.3 is 0 Å². The van der Waals surface area contributed by atoms with Crippen molar-refractivity contribution >= 4 is 27.5 Å². The van der Waals surface area contributed by atoms with Gasteiger partial charge < -0.3 is 10.1 Å². The molecule has 31 heavy (non-hydrogen) atoms. The number of nitrogens with zero attached hydrogens (tertiary/aromatic N) is 1. The molecule has 8 heteroatoms. The van der Waals surface area contributed by atoms with Crippen molar-refractivity contribution in [3.05, 3.63) is 58.6 Å². The van der Waals surface area contributed by atoms with Crippen molar-refractivity contribution in [2.45, 2.75) is 37.0 Å². The molecule has 0 radical (unpaired) electrons. The first-order valence-electron chi connectivity index (χ1n) is 10.7. The number of ether oxygens (including phenoxy) is 1. The maximum Gasteiger partial charge on any atom is 0.243 e. The van der Waals surface area contributed by atoms with Gasteiger partial charge in [-0.2, -0.15) is 4.31 Å². The van der Waals surface area contributed by atoms with E-state index in [0.29, 0.717) is 54.8 Å². The molecular formula is C23H27ClN2O4S. The van der Waals surface area contributed by atoms with Crippen LogP contribution in [0.25, 0.3) is 0 Å². The molecule has 4 rings (SSSR count). The summed E-state index contributed by atoms with van der Waals surface area (Å²) >= 11 is 5.84. The van der Waals surface area contributed by atoms with Gasteiger partial charge in [0.05, 0.1) is 11.4 Å². The summed E-state index contributed by atoms with van der Waals surface area (Å²) in [6.07, 6.45) is 4.11. The SMILES string of the molecule is O=C(NCCOc1ccc(Cl)cc1)C1CCN(S(=O)(=O)c2ccc3c(c2)CCC3)CC1. The maximum absolute atomic E-state index is 13.0. The molecule has 1 saturated heterocycles. The Morgan fingerprint density at radius 1 is 1.06 bits per heavy atom. The molecule has 1 aliphatic carbocycles. The van der Waals surface area contributed by atoms with E-state index in [4.69, 9.17) is 16.3 Å². The van der Waals surface area contributed by atoms with Crippen LogP contribution >= 0.6 is 11.6 Å². The van der Waals surface area contributed by atoms with Crippen LogP contribution in [0.3, 0.4) is 0 Å². The van der Waals surface area contributed by atoms with Gasteiger partial charge in [0.15, 0.2) is 0 Å². The predicted molar refractivity (Wildman–Crippen MR) is 120 cm³/mol. The van der Waals surface area contributed by atoms with E-state index in [1.54, 1.807) is 30.3 Å². The van der Waals surface area contributed by atoms with Crippen molar-refractivity contribution in [3.8, 4) is 5.75 Å². The van der Waals surface area contributed by atoms with Gasteiger partial charge in [0.1, 0.15) is 12.4 Å². The van der Waals surface area contributed by atoms with Gasteiger partial charge in [-0.05, 0) is 79.6 Å². The Morgan fingerprint density at radius 2 is 1.77 bits per heavy atom. The van der Waals surface area contributed by atoms with Crippen LogP contribution < -0.4 is 10.1 Å². The number of hydrogen-bond acceptors (Lipinski definition) is 4. The van der Waals surface area contributed by atoms with E-state index >= 15 is 0 Å². The fourth-order valence-electron chi connectivity index (χ4n) is 4.23. The normalized spacial score (nSPS) is 17.3. The zero-order valence-electron chi connectivity index (χ0n) is 17.3. The van der Waals surface area contributed by atoms with Gasteiger partial charge in [0, 0.05) is 24.0 Å². The van der Waals surface area contributed by atoms with Crippen molar-refractivity contribution < 1.29 is 17.9 Å². The van der Waals surface area contributed by atoms with Gasteiger partial charge in [-0.25, -0.2) is 8.42 Å². The van der Waals surface area contributed by atoms with Gasteiger partial charge in [-0.1, -0.05) is 17.7 Å². The number of carbonyl (C=O) groups excluding carboxylic acids is 1. The number of nitrogens with one attached hydrogen (secondary N) is 1. The van der Waals surface area contributed by atoms with E-state index in [9.17, 15) is 13.2 Å². The van der Waals surface area contributed by atoms with Crippen LogP contribution in [-0.4, -0.2) is 44.9 Å². The third-order valence-corrected chi connectivity index (χ3v) is 8.16. The summed E-state index contributed by atoms with van der Waals surface area (Å²) < 4.78 is 33.2. The van der Waals surface area contributed by atoms with Crippen LogP contribution in [-0.2, 0) is 27.7 Å². The van der Waals surface area contributed by atoms with E-state index in [-0.39, 0.29) is 11.8 Å². The minimum atomic E-state index is -3.52. The minimum Gasteiger partial charge on any atom is -0.492 e. The second-order valence-electron chi connectivity index (χ2n) is 8.06. The van der Waals surface area contributed by atoms with E-state index in [1.807, 2.05) is 12.1 Å². The van der Waals surface area contributed by atoms with Crippen LogP contribution in [0.15, 0.2) is 47.4 Å². The number of fused-ring (bicyclic) bond motifs is 1. The Morgan fingerprint density at radius 3 is 2.52 bits per heavy atom. The molecular weight excluding hydrogens is 436 g/mol. The van der Waals surface area contributed by atoms with Crippen molar-refractivity contribution in [1.29, 1.82) is 0 Å². The zero-order valence-corrected chi connectivity index (χ0v) is 18.9. The van der Waals surface area contributed by atoms with Crippen LogP contribution in [0.2, 0.25) is 5.02 Å². The first-order valence-corrected chi connectivity index (χ1v) is 12.5. The molecule has 2 aromatic carbocycles. The predicted octanol–water partition coefficient (Wildman–Crippen LogP) is 3.42. The summed E-state index contributed by atoms with van der Waals surface area (Å²) in [6, 6.07) is 12.6. The largest absolute Gasteiger partial charge is 0.492 e. The van der Waals surface area contributed by atoms with Gasteiger partial charge in [0.2, 0.25) is 15.9 Å². The highest BCUT2D eigenvalue weighted by molar-refractivity contribution is 7.89. The fourth-order valence-corrected chi connectivity index (χ4v) is 5.88. The molecule has 0 atom stereocenters. The Labute approximate surface area is 188 Å². The summed E-state index contributed by atoms with van der Waals surface area (Å²) in [4.78, 5) is 12.8. The molecule has 0 spiro atoms. The minimum absolute atomic E-state index is 0.0470. The number of piperidine rings is 1.